The lowest BCUT2D eigenvalue weighted by molar-refractivity contribution is -0.689. The smallest absolute Gasteiger partial charge is 0.275 e. The molecule has 0 N–H and O–H groups in total. The van der Waals surface area contributed by atoms with Crippen molar-refractivity contribution in [2.24, 2.45) is 0 Å². The number of alkyl halides is 3. The molecule has 0 unspecified atom stereocenters. The van der Waals surface area contributed by atoms with Gasteiger partial charge in [0.2, 0.25) is 18.0 Å². The Kier molecular flexibility index (Phi) is 14.2. The number of carbonyl (C=O) groups is 1. The number of hydrogen-bond donors (Lipinski definition) is 0. The molecule has 0 fully saturated rings. The molecule has 0 atom stereocenters. The number of fused-ring (bicyclic) bond motifs is 1. The van der Waals surface area contributed by atoms with Gasteiger partial charge < -0.3 is 0 Å². The van der Waals surface area contributed by atoms with E-state index in [1.165, 1.54) is 0 Å². The lowest BCUT2D eigenvalue weighted by atomic mass is 9.12. The van der Waals surface area contributed by atoms with Gasteiger partial charge in [0.25, 0.3) is 3.79 Å². The van der Waals surface area contributed by atoms with Crippen LogP contribution in [0.1, 0.15) is 16.1 Å². The van der Waals surface area contributed by atoms with Gasteiger partial charge in [-0.3, -0.25) is 4.79 Å². The van der Waals surface area contributed by atoms with E-state index in [4.69, 9.17) is 34.8 Å². The maximum atomic E-state index is 15.4. The third-order valence-corrected chi connectivity index (χ3v) is 10.9. The van der Waals surface area contributed by atoms with E-state index in [0.717, 1.165) is 10.8 Å². The number of rotatable bonds is 7. The zero-order chi connectivity index (χ0) is 50.8. The Balaban J connectivity index is 0.000000276. The Labute approximate surface area is 380 Å². The van der Waals surface area contributed by atoms with Crippen molar-refractivity contribution in [2.75, 3.05) is 0 Å². The van der Waals surface area contributed by atoms with Gasteiger partial charge in [0.05, 0.1) is 5.39 Å². The van der Waals surface area contributed by atoms with Gasteiger partial charge in [-0.2, -0.15) is 4.57 Å². The Hall–Kier alpha value is -6.07. The van der Waals surface area contributed by atoms with Gasteiger partial charge >= 0.3 is 0 Å². The summed E-state index contributed by atoms with van der Waals surface area (Å²) in [5.74, 6) is -71.4. The summed E-state index contributed by atoms with van der Waals surface area (Å²) in [4.78, 5) is 12.5. The average Bonchev–Trinajstić information content (AvgIpc) is 3.31. The van der Waals surface area contributed by atoms with Crippen molar-refractivity contribution in [3.8, 4) is 0 Å². The molecular weight excluding hydrogens is 1030 g/mol. The Morgan fingerprint density at radius 3 is 0.985 bits per heavy atom. The normalized spacial score (nSPS) is 11.9. The zero-order valence-corrected chi connectivity index (χ0v) is 34.5. The predicted octanol–water partition coefficient (Wildman–Crippen LogP) is 10.7. The van der Waals surface area contributed by atoms with Gasteiger partial charge in [-0.25, -0.2) is 87.8 Å². The summed E-state index contributed by atoms with van der Waals surface area (Å²) in [5.41, 5.74) is -13.2. The van der Waals surface area contributed by atoms with Crippen LogP contribution in [-0.2, 0) is 10.3 Å². The number of halogens is 23. The standard InChI is InChI=1S/C24BF20.C18H13Cl3NO/c26-5-1(6(27)14(35)21(42)13(5)34)25(2-7(28)15(36)22(43)16(37)8(2)29,3-9(30)17(38)23(44)18(39)10(3)31)4-11(32)19(40)24(45)20(41)12(4)33;19-18(20,21)17-15-9-5-4-6-13(15)10-11-22(17)12-16(23)14-7-2-1-3-8-14/h;1-11H,12H2/q-1;+1. The quantitative estimate of drug-likeness (QED) is 0.0296. The highest BCUT2D eigenvalue weighted by Gasteiger charge is 2.52. The fourth-order valence-corrected chi connectivity index (χ4v) is 8.08. The molecule has 7 aromatic rings. The Bertz CT molecular complexity index is 2840. The fourth-order valence-electron chi connectivity index (χ4n) is 7.45. The van der Waals surface area contributed by atoms with Crippen LogP contribution in [0.25, 0.3) is 10.8 Å². The molecule has 0 spiro atoms. The molecule has 68 heavy (non-hydrogen) atoms. The van der Waals surface area contributed by atoms with Crippen molar-refractivity contribution in [1.29, 1.82) is 0 Å². The second-order valence-electron chi connectivity index (χ2n) is 14.0. The third kappa shape index (κ3) is 8.14. The molecule has 1 heterocycles. The van der Waals surface area contributed by atoms with Crippen molar-refractivity contribution in [2.45, 2.75) is 10.3 Å². The summed E-state index contributed by atoms with van der Waals surface area (Å²) in [6.07, 6.45) is -5.44. The Morgan fingerprint density at radius 2 is 0.676 bits per heavy atom. The SMILES string of the molecule is Fc1c(F)c(F)c([B-](c2c(F)c(F)c(F)c(F)c2F)(c2c(F)c(F)c(F)c(F)c2F)c2c(F)c(F)c(F)c(F)c2F)c(F)c1F.O=C(C[n+]1ccc2ccccc2c1C(Cl)(Cl)Cl)c1ccccc1. The first-order chi connectivity index (χ1) is 31.7. The molecule has 0 radical (unpaired) electrons. The highest BCUT2D eigenvalue weighted by molar-refractivity contribution is 7.20. The second-order valence-corrected chi connectivity index (χ2v) is 16.2. The number of carbonyl (C=O) groups excluding carboxylic acids is 1. The number of nitrogens with zero attached hydrogens (tertiary/aromatic N) is 1. The van der Waals surface area contributed by atoms with Crippen LogP contribution in [-0.4, -0.2) is 11.9 Å². The minimum atomic E-state index is -7.22. The number of ketones is 1. The van der Waals surface area contributed by atoms with Gasteiger partial charge in [0.15, 0.2) is 76.0 Å². The summed E-state index contributed by atoms with van der Waals surface area (Å²) in [5, 5.41) is 1.77. The van der Waals surface area contributed by atoms with Crippen molar-refractivity contribution < 1.29 is 97.2 Å². The first-order valence-electron chi connectivity index (χ1n) is 18.0. The van der Waals surface area contributed by atoms with Crippen LogP contribution in [0.15, 0.2) is 66.9 Å². The summed E-state index contributed by atoms with van der Waals surface area (Å²) in [7, 11) is 0. The molecule has 7 rings (SSSR count). The van der Waals surface area contributed by atoms with Crippen molar-refractivity contribution in [1.82, 2.24) is 0 Å². The number of benzene rings is 6. The van der Waals surface area contributed by atoms with Gasteiger partial charge in [-0.15, -0.1) is 21.9 Å². The minimum absolute atomic E-state index is 0.0404. The minimum Gasteiger partial charge on any atom is -0.287 e. The third-order valence-electron chi connectivity index (χ3n) is 10.3. The van der Waals surface area contributed by atoms with Crippen LogP contribution in [0.2, 0.25) is 0 Å². The molecule has 0 aliphatic rings. The largest absolute Gasteiger partial charge is 0.287 e. The first-order valence-corrected chi connectivity index (χ1v) is 19.1. The van der Waals surface area contributed by atoms with Crippen molar-refractivity contribution >= 4 is 79.4 Å². The van der Waals surface area contributed by atoms with Crippen molar-refractivity contribution in [3.63, 3.8) is 0 Å². The number of pyridine rings is 1. The maximum Gasteiger partial charge on any atom is 0.275 e. The van der Waals surface area contributed by atoms with Gasteiger partial charge in [-0.1, -0.05) is 83.3 Å². The molecule has 1 aromatic heterocycles. The summed E-state index contributed by atoms with van der Waals surface area (Å²) in [6.45, 7) is 0.109. The second kappa shape index (κ2) is 18.8. The molecule has 2 nitrogen and oxygen atoms in total. The predicted molar refractivity (Wildman–Crippen MR) is 203 cm³/mol. The molecule has 0 saturated heterocycles. The van der Waals surface area contributed by atoms with Gasteiger partial charge in [0, 0.05) is 11.6 Å². The molecule has 0 bridgehead atoms. The number of Topliss-reactive ketones (excluding diaryl/α,β-unsaturated/α-hetero) is 1. The van der Waals surface area contributed by atoms with Crippen LogP contribution >= 0.6 is 34.8 Å². The maximum absolute atomic E-state index is 15.4. The van der Waals surface area contributed by atoms with Crippen LogP contribution in [0.5, 0.6) is 0 Å². The average molecular weight is 1040 g/mol. The molecule has 6 aromatic carbocycles. The lowest BCUT2D eigenvalue weighted by Gasteiger charge is -2.44. The molecule has 26 heteroatoms. The fraction of sp³-hybridized carbons (Fsp3) is 0.0476. The van der Waals surface area contributed by atoms with E-state index in [-0.39, 0.29) is 12.3 Å². The van der Waals surface area contributed by atoms with Crippen LogP contribution in [0.4, 0.5) is 87.8 Å². The van der Waals surface area contributed by atoms with Crippen LogP contribution in [0, 0.1) is 116 Å². The topological polar surface area (TPSA) is 20.9 Å². The molecule has 356 valence electrons. The van der Waals surface area contributed by atoms with Crippen molar-refractivity contribution in [3.05, 3.63) is 194 Å². The Morgan fingerprint density at radius 1 is 0.397 bits per heavy atom. The van der Waals surface area contributed by atoms with E-state index in [9.17, 15) is 57.5 Å². The van der Waals surface area contributed by atoms with Gasteiger partial charge in [-0.05, 0) is 11.5 Å². The van der Waals surface area contributed by atoms with E-state index in [0.29, 0.717) is 11.3 Å². The molecule has 0 aliphatic carbocycles. The highest BCUT2D eigenvalue weighted by atomic mass is 35.6. The number of hydrogen-bond acceptors (Lipinski definition) is 1. The summed E-state index contributed by atoms with van der Waals surface area (Å²) >= 11 is 18.5. The zero-order valence-electron chi connectivity index (χ0n) is 32.2. The molecule has 0 saturated carbocycles. The molecule has 0 aliphatic heterocycles. The van der Waals surface area contributed by atoms with E-state index < -0.39 is 148 Å². The first kappa shape index (κ1) is 51.3. The summed E-state index contributed by atoms with van der Waals surface area (Å²) in [6, 6.07) is 18.6. The number of aromatic nitrogens is 1. The van der Waals surface area contributed by atoms with E-state index >= 15 is 35.1 Å². The van der Waals surface area contributed by atoms with Crippen LogP contribution in [0.3, 0.4) is 0 Å². The molecular formula is C42H13BCl3F20NO. The van der Waals surface area contributed by atoms with E-state index in [1.54, 1.807) is 22.9 Å². The molecule has 0 amide bonds. The highest BCUT2D eigenvalue weighted by Crippen LogP contribution is 2.40. The monoisotopic (exact) mass is 1040 g/mol. The van der Waals surface area contributed by atoms with E-state index in [1.807, 2.05) is 48.5 Å². The van der Waals surface area contributed by atoms with Gasteiger partial charge in [0.1, 0.15) is 52.7 Å². The lowest BCUT2D eigenvalue weighted by Crippen LogP contribution is -2.81. The summed E-state index contributed by atoms with van der Waals surface area (Å²) < 4.78 is 294. The van der Waals surface area contributed by atoms with Crippen LogP contribution < -0.4 is 26.4 Å². The van der Waals surface area contributed by atoms with E-state index in [2.05, 4.69) is 0 Å².